The van der Waals surface area contributed by atoms with Gasteiger partial charge in [0.2, 0.25) is 0 Å². The molecule has 2 N–H and O–H groups in total. The lowest BCUT2D eigenvalue weighted by molar-refractivity contribution is -0.0334. The van der Waals surface area contributed by atoms with Crippen LogP contribution in [0.4, 0.5) is 5.82 Å². The second-order valence-corrected chi connectivity index (χ2v) is 3.79. The maximum Gasteiger partial charge on any atom is 0.351 e. The number of aromatic nitrogens is 2. The van der Waals surface area contributed by atoms with Crippen LogP contribution in [0.1, 0.15) is 19.1 Å². The van der Waals surface area contributed by atoms with Gasteiger partial charge in [0, 0.05) is 13.3 Å². The summed E-state index contributed by atoms with van der Waals surface area (Å²) in [5.74, 6) is 0.229. The van der Waals surface area contributed by atoms with Crippen molar-refractivity contribution < 1.29 is 9.47 Å². The van der Waals surface area contributed by atoms with Gasteiger partial charge in [-0.05, 0) is 18.9 Å². The van der Waals surface area contributed by atoms with E-state index in [1.165, 1.54) is 4.57 Å². The summed E-state index contributed by atoms with van der Waals surface area (Å²) in [6.45, 7) is 0.549. The average Bonchev–Trinajstić information content (AvgIpc) is 2.67. The third kappa shape index (κ3) is 2.23. The van der Waals surface area contributed by atoms with Crippen molar-refractivity contribution in [3.05, 3.63) is 22.7 Å². The van der Waals surface area contributed by atoms with Gasteiger partial charge in [-0.25, -0.2) is 4.79 Å². The number of ether oxygens (including phenoxy) is 2. The summed E-state index contributed by atoms with van der Waals surface area (Å²) in [6.07, 6.45) is 3.10. The molecule has 1 aliphatic heterocycles. The zero-order chi connectivity index (χ0) is 11.5. The zero-order valence-corrected chi connectivity index (χ0v) is 9.13. The van der Waals surface area contributed by atoms with Crippen molar-refractivity contribution in [3.8, 4) is 0 Å². The maximum atomic E-state index is 11.6. The Kier molecular flexibility index (Phi) is 3.21. The largest absolute Gasteiger partial charge is 0.383 e. The van der Waals surface area contributed by atoms with E-state index in [9.17, 15) is 4.79 Å². The Labute approximate surface area is 93.0 Å². The predicted molar refractivity (Wildman–Crippen MR) is 57.9 cm³/mol. The van der Waals surface area contributed by atoms with E-state index in [2.05, 4.69) is 4.98 Å². The fourth-order valence-corrected chi connectivity index (χ4v) is 1.84. The molecule has 0 saturated carbocycles. The Morgan fingerprint density at radius 1 is 1.69 bits per heavy atom. The van der Waals surface area contributed by atoms with Crippen molar-refractivity contribution >= 4 is 5.82 Å². The molecule has 1 saturated heterocycles. The normalized spacial score (nSPS) is 24.8. The van der Waals surface area contributed by atoms with Gasteiger partial charge in [0.15, 0.2) is 0 Å². The van der Waals surface area contributed by atoms with E-state index < -0.39 is 0 Å². The first-order chi connectivity index (χ1) is 7.70. The number of rotatable bonds is 3. The van der Waals surface area contributed by atoms with Gasteiger partial charge in [0.1, 0.15) is 12.0 Å². The highest BCUT2D eigenvalue weighted by Crippen LogP contribution is 2.26. The smallest absolute Gasteiger partial charge is 0.351 e. The first kappa shape index (κ1) is 11.1. The molecule has 6 nitrogen and oxygen atoms in total. The van der Waals surface area contributed by atoms with Crippen molar-refractivity contribution in [2.75, 3.05) is 19.5 Å². The highest BCUT2D eigenvalue weighted by Gasteiger charge is 2.27. The van der Waals surface area contributed by atoms with E-state index in [1.807, 2.05) is 0 Å². The van der Waals surface area contributed by atoms with E-state index in [0.29, 0.717) is 6.61 Å². The Morgan fingerprint density at radius 3 is 3.19 bits per heavy atom. The van der Waals surface area contributed by atoms with E-state index in [-0.39, 0.29) is 23.8 Å². The van der Waals surface area contributed by atoms with Gasteiger partial charge in [-0.15, -0.1) is 0 Å². The fraction of sp³-hybridized carbons (Fsp3) is 0.600. The zero-order valence-electron chi connectivity index (χ0n) is 9.13. The van der Waals surface area contributed by atoms with Crippen molar-refractivity contribution in [1.29, 1.82) is 0 Å². The van der Waals surface area contributed by atoms with Gasteiger partial charge >= 0.3 is 5.69 Å². The standard InChI is InChI=1S/C10H15N3O3/c1-15-6-7-2-3-9(16-7)13-5-4-8(11)12-10(13)14/h4-5,7,9H,2-3,6H2,1H3,(H2,11,12,14)/t7-,9?/m0/s1. The van der Waals surface area contributed by atoms with Crippen LogP contribution in [0.25, 0.3) is 0 Å². The summed E-state index contributed by atoms with van der Waals surface area (Å²) in [4.78, 5) is 15.2. The van der Waals surface area contributed by atoms with Gasteiger partial charge in [-0.1, -0.05) is 0 Å². The van der Waals surface area contributed by atoms with E-state index in [4.69, 9.17) is 15.2 Å². The van der Waals surface area contributed by atoms with Crippen molar-refractivity contribution in [2.45, 2.75) is 25.2 Å². The van der Waals surface area contributed by atoms with Crippen molar-refractivity contribution in [2.24, 2.45) is 0 Å². The molecule has 1 aromatic rings. The second-order valence-electron chi connectivity index (χ2n) is 3.79. The van der Waals surface area contributed by atoms with Crippen molar-refractivity contribution in [3.63, 3.8) is 0 Å². The van der Waals surface area contributed by atoms with Crippen LogP contribution in [0.15, 0.2) is 17.1 Å². The summed E-state index contributed by atoms with van der Waals surface area (Å²) < 4.78 is 12.1. The molecule has 16 heavy (non-hydrogen) atoms. The average molecular weight is 225 g/mol. The molecule has 2 heterocycles. The first-order valence-electron chi connectivity index (χ1n) is 5.20. The molecule has 0 aliphatic carbocycles. The molecule has 0 aromatic carbocycles. The fourth-order valence-electron chi connectivity index (χ4n) is 1.84. The van der Waals surface area contributed by atoms with Crippen LogP contribution < -0.4 is 11.4 Å². The number of hydrogen-bond acceptors (Lipinski definition) is 5. The lowest BCUT2D eigenvalue weighted by Gasteiger charge is -2.14. The molecule has 1 aliphatic rings. The van der Waals surface area contributed by atoms with E-state index in [0.717, 1.165) is 12.8 Å². The highest BCUT2D eigenvalue weighted by atomic mass is 16.5. The first-order valence-corrected chi connectivity index (χ1v) is 5.20. The Balaban J connectivity index is 2.11. The quantitative estimate of drug-likeness (QED) is 0.792. The molecule has 2 atom stereocenters. The Morgan fingerprint density at radius 2 is 2.50 bits per heavy atom. The summed E-state index contributed by atoms with van der Waals surface area (Å²) in [5, 5.41) is 0. The number of methoxy groups -OCH3 is 1. The Bertz CT molecular complexity index is 418. The molecule has 0 spiro atoms. The summed E-state index contributed by atoms with van der Waals surface area (Å²) in [7, 11) is 1.63. The third-order valence-corrected chi connectivity index (χ3v) is 2.60. The number of anilines is 1. The highest BCUT2D eigenvalue weighted by molar-refractivity contribution is 5.23. The van der Waals surface area contributed by atoms with Crippen molar-refractivity contribution in [1.82, 2.24) is 9.55 Å². The molecular weight excluding hydrogens is 210 g/mol. The minimum Gasteiger partial charge on any atom is -0.383 e. The minimum absolute atomic E-state index is 0.0550. The molecule has 1 fully saturated rings. The SMILES string of the molecule is COC[C@@H]1CCC(n2ccc(N)nc2=O)O1. The molecular formula is C10H15N3O3. The molecule has 1 unspecified atom stereocenters. The number of nitrogens with zero attached hydrogens (tertiary/aromatic N) is 2. The van der Waals surface area contributed by atoms with E-state index >= 15 is 0 Å². The Hall–Kier alpha value is -1.40. The topological polar surface area (TPSA) is 79.4 Å². The molecule has 0 radical (unpaired) electrons. The number of nitrogen functional groups attached to an aromatic ring is 1. The molecule has 1 aromatic heterocycles. The maximum absolute atomic E-state index is 11.6. The van der Waals surface area contributed by atoms with Crippen LogP contribution >= 0.6 is 0 Å². The van der Waals surface area contributed by atoms with E-state index in [1.54, 1.807) is 19.4 Å². The summed E-state index contributed by atoms with van der Waals surface area (Å²) >= 11 is 0. The lowest BCUT2D eigenvalue weighted by atomic mass is 10.2. The minimum atomic E-state index is -0.372. The predicted octanol–water partition coefficient (Wildman–Crippen LogP) is 0.150. The van der Waals surface area contributed by atoms with Crippen LogP contribution in [-0.4, -0.2) is 29.4 Å². The van der Waals surface area contributed by atoms with Crippen LogP contribution in [0, 0.1) is 0 Å². The molecule has 88 valence electrons. The number of hydrogen-bond donors (Lipinski definition) is 1. The molecule has 0 bridgehead atoms. The van der Waals surface area contributed by atoms with Crippen LogP contribution in [0.5, 0.6) is 0 Å². The second kappa shape index (κ2) is 4.63. The number of nitrogens with two attached hydrogens (primary N) is 1. The van der Waals surface area contributed by atoms with Crippen LogP contribution in [-0.2, 0) is 9.47 Å². The van der Waals surface area contributed by atoms with Gasteiger partial charge in [-0.2, -0.15) is 4.98 Å². The third-order valence-electron chi connectivity index (χ3n) is 2.60. The summed E-state index contributed by atoms with van der Waals surface area (Å²) in [5.41, 5.74) is 5.04. The molecule has 0 amide bonds. The van der Waals surface area contributed by atoms with Gasteiger partial charge in [0.05, 0.1) is 12.7 Å². The monoisotopic (exact) mass is 225 g/mol. The van der Waals surface area contributed by atoms with Gasteiger partial charge in [-0.3, -0.25) is 4.57 Å². The molecule has 6 heteroatoms. The van der Waals surface area contributed by atoms with Crippen LogP contribution in [0.2, 0.25) is 0 Å². The van der Waals surface area contributed by atoms with Crippen LogP contribution in [0.3, 0.4) is 0 Å². The lowest BCUT2D eigenvalue weighted by Crippen LogP contribution is -2.27. The summed E-state index contributed by atoms with van der Waals surface area (Å²) in [6, 6.07) is 1.59. The van der Waals surface area contributed by atoms with Gasteiger partial charge < -0.3 is 15.2 Å². The molecule has 2 rings (SSSR count). The van der Waals surface area contributed by atoms with Gasteiger partial charge in [0.25, 0.3) is 0 Å².